The van der Waals surface area contributed by atoms with E-state index in [4.69, 9.17) is 9.52 Å². The lowest BCUT2D eigenvalue weighted by molar-refractivity contribution is 0.285. The van der Waals surface area contributed by atoms with Crippen molar-refractivity contribution in [3.63, 3.8) is 0 Å². The van der Waals surface area contributed by atoms with Gasteiger partial charge in [0, 0.05) is 26.3 Å². The normalized spacial score (nSPS) is 12.1. The predicted octanol–water partition coefficient (Wildman–Crippen LogP) is 0.182. The summed E-state index contributed by atoms with van der Waals surface area (Å²) in [5.74, 6) is -0.537. The topological polar surface area (TPSA) is 102 Å². The summed E-state index contributed by atoms with van der Waals surface area (Å²) in [7, 11) is -2.09. The molecule has 0 saturated heterocycles. The van der Waals surface area contributed by atoms with Crippen LogP contribution in [0, 0.1) is 0 Å². The molecule has 8 heteroatoms. The van der Waals surface area contributed by atoms with Crippen molar-refractivity contribution >= 4 is 21.1 Å². The first-order valence-corrected chi connectivity index (χ1v) is 7.64. The van der Waals surface area contributed by atoms with Gasteiger partial charge in [0.05, 0.1) is 10.4 Å². The minimum absolute atomic E-state index is 0.0306. The number of aliphatic hydroxyl groups is 1. The smallest absolute Gasteiger partial charge is 0.408 e. The first kappa shape index (κ1) is 14.8. The summed E-state index contributed by atoms with van der Waals surface area (Å²) in [5, 5.41) is 8.64. The molecule has 0 unspecified atom stereocenters. The summed E-state index contributed by atoms with van der Waals surface area (Å²) < 4.78 is 32.8. The number of sulfonamides is 1. The highest BCUT2D eigenvalue weighted by molar-refractivity contribution is 7.89. The molecule has 7 nitrogen and oxygen atoms in total. The monoisotopic (exact) mass is 300 g/mol. The zero-order valence-electron chi connectivity index (χ0n) is 11.0. The van der Waals surface area contributed by atoms with Crippen molar-refractivity contribution in [3.05, 3.63) is 28.7 Å². The van der Waals surface area contributed by atoms with Crippen LogP contribution in [-0.2, 0) is 17.1 Å². The first-order valence-electron chi connectivity index (χ1n) is 6.16. The van der Waals surface area contributed by atoms with Gasteiger partial charge >= 0.3 is 5.76 Å². The second-order valence-corrected chi connectivity index (χ2v) is 6.15. The lowest BCUT2D eigenvalue weighted by atomic mass is 10.3. The lowest BCUT2D eigenvalue weighted by Crippen LogP contribution is -2.24. The number of nitrogens with one attached hydrogen (secondary N) is 1. The van der Waals surface area contributed by atoms with Gasteiger partial charge in [-0.25, -0.2) is 17.9 Å². The highest BCUT2D eigenvalue weighted by Crippen LogP contribution is 2.17. The van der Waals surface area contributed by atoms with Crippen molar-refractivity contribution in [1.29, 1.82) is 0 Å². The van der Waals surface area contributed by atoms with E-state index in [9.17, 15) is 13.2 Å². The number of oxazole rings is 1. The number of aromatic nitrogens is 1. The molecule has 1 aromatic carbocycles. The highest BCUT2D eigenvalue weighted by Gasteiger charge is 2.16. The third-order valence-corrected chi connectivity index (χ3v) is 4.41. The Bertz CT molecular complexity index is 760. The molecule has 2 N–H and O–H groups in total. The van der Waals surface area contributed by atoms with Gasteiger partial charge in [0.2, 0.25) is 10.0 Å². The third kappa shape index (κ3) is 2.92. The number of benzene rings is 1. The average Bonchev–Trinajstić information content (AvgIpc) is 2.70. The number of fused-ring (bicyclic) bond motifs is 1. The van der Waals surface area contributed by atoms with Gasteiger partial charge in [-0.15, -0.1) is 0 Å². The Kier molecular flexibility index (Phi) is 4.26. The molecular weight excluding hydrogens is 284 g/mol. The summed E-state index contributed by atoms with van der Waals surface area (Å²) >= 11 is 0. The van der Waals surface area contributed by atoms with E-state index in [2.05, 4.69) is 4.72 Å². The SMILES string of the molecule is Cn1c(=O)oc2cc(S(=O)(=O)NCCCCO)ccc21. The Labute approximate surface area is 115 Å². The van der Waals surface area contributed by atoms with Crippen molar-refractivity contribution in [3.8, 4) is 0 Å². The van der Waals surface area contributed by atoms with E-state index in [0.717, 1.165) is 0 Å². The summed E-state index contributed by atoms with van der Waals surface area (Å²) in [6.45, 7) is 0.280. The second-order valence-electron chi connectivity index (χ2n) is 4.39. The molecule has 20 heavy (non-hydrogen) atoms. The van der Waals surface area contributed by atoms with Crippen LogP contribution in [0.5, 0.6) is 0 Å². The van der Waals surface area contributed by atoms with Crippen LogP contribution >= 0.6 is 0 Å². The van der Waals surface area contributed by atoms with Crippen LogP contribution in [0.2, 0.25) is 0 Å². The molecular formula is C12H16N2O5S. The molecule has 2 rings (SSSR count). The van der Waals surface area contributed by atoms with Crippen molar-refractivity contribution in [2.75, 3.05) is 13.2 Å². The second kappa shape index (κ2) is 5.78. The Hall–Kier alpha value is -1.64. The fourth-order valence-corrected chi connectivity index (χ4v) is 2.90. The Morgan fingerprint density at radius 2 is 2.10 bits per heavy atom. The molecule has 1 heterocycles. The highest BCUT2D eigenvalue weighted by atomic mass is 32.2. The van der Waals surface area contributed by atoms with Gasteiger partial charge in [0.1, 0.15) is 0 Å². The van der Waals surface area contributed by atoms with Crippen LogP contribution in [-0.4, -0.2) is 31.2 Å². The fourth-order valence-electron chi connectivity index (χ4n) is 1.81. The minimum atomic E-state index is -3.64. The maximum atomic E-state index is 12.0. The van der Waals surface area contributed by atoms with E-state index < -0.39 is 15.8 Å². The molecule has 0 fully saturated rings. The molecule has 0 saturated carbocycles. The van der Waals surface area contributed by atoms with Gasteiger partial charge in [-0.05, 0) is 25.0 Å². The van der Waals surface area contributed by atoms with E-state index in [0.29, 0.717) is 18.4 Å². The molecule has 0 radical (unpaired) electrons. The van der Waals surface area contributed by atoms with Gasteiger partial charge in [0.15, 0.2) is 5.58 Å². The standard InChI is InChI=1S/C12H16N2O5S/c1-14-10-5-4-9(8-11(10)19-12(14)16)20(17,18)13-6-2-3-7-15/h4-5,8,13,15H,2-3,6-7H2,1H3. The van der Waals surface area contributed by atoms with Gasteiger partial charge in [-0.1, -0.05) is 0 Å². The number of hydrogen-bond donors (Lipinski definition) is 2. The number of aliphatic hydroxyl groups excluding tert-OH is 1. The van der Waals surface area contributed by atoms with Crippen molar-refractivity contribution in [1.82, 2.24) is 9.29 Å². The Morgan fingerprint density at radius 3 is 2.80 bits per heavy atom. The number of aryl methyl sites for hydroxylation is 1. The van der Waals surface area contributed by atoms with Gasteiger partial charge in [0.25, 0.3) is 0 Å². The maximum Gasteiger partial charge on any atom is 0.419 e. The van der Waals surface area contributed by atoms with E-state index >= 15 is 0 Å². The number of hydrogen-bond acceptors (Lipinski definition) is 5. The molecule has 0 bridgehead atoms. The van der Waals surface area contributed by atoms with Crippen LogP contribution < -0.4 is 10.5 Å². The number of rotatable bonds is 6. The van der Waals surface area contributed by atoms with Crippen molar-refractivity contribution < 1.29 is 17.9 Å². The van der Waals surface area contributed by atoms with Crippen LogP contribution in [0.1, 0.15) is 12.8 Å². The molecule has 1 aromatic heterocycles. The summed E-state index contributed by atoms with van der Waals surface area (Å²) in [5.41, 5.74) is 0.768. The van der Waals surface area contributed by atoms with Crippen LogP contribution in [0.15, 0.2) is 32.3 Å². The summed E-state index contributed by atoms with van der Waals surface area (Å²) in [6, 6.07) is 4.28. The maximum absolute atomic E-state index is 12.0. The quantitative estimate of drug-likeness (QED) is 0.741. The Balaban J connectivity index is 2.26. The zero-order chi connectivity index (χ0) is 14.8. The zero-order valence-corrected chi connectivity index (χ0v) is 11.8. The van der Waals surface area contributed by atoms with Crippen LogP contribution in [0.3, 0.4) is 0 Å². The first-order chi connectivity index (χ1) is 9.45. The third-order valence-electron chi connectivity index (χ3n) is 2.95. The van der Waals surface area contributed by atoms with Crippen molar-refractivity contribution in [2.45, 2.75) is 17.7 Å². The van der Waals surface area contributed by atoms with Gasteiger partial charge < -0.3 is 9.52 Å². The van der Waals surface area contributed by atoms with E-state index in [1.165, 1.54) is 22.8 Å². The molecule has 2 aromatic rings. The van der Waals surface area contributed by atoms with Gasteiger partial charge in [-0.3, -0.25) is 4.57 Å². The summed E-state index contributed by atoms with van der Waals surface area (Å²) in [4.78, 5) is 11.4. The van der Waals surface area contributed by atoms with E-state index in [1.807, 2.05) is 0 Å². The fraction of sp³-hybridized carbons (Fsp3) is 0.417. The van der Waals surface area contributed by atoms with Crippen LogP contribution in [0.4, 0.5) is 0 Å². The molecule has 0 aliphatic rings. The number of unbranched alkanes of at least 4 members (excludes halogenated alkanes) is 1. The molecule has 0 aliphatic heterocycles. The molecule has 110 valence electrons. The predicted molar refractivity (Wildman–Crippen MR) is 73.0 cm³/mol. The van der Waals surface area contributed by atoms with Crippen LogP contribution in [0.25, 0.3) is 11.1 Å². The van der Waals surface area contributed by atoms with Gasteiger partial charge in [-0.2, -0.15) is 0 Å². The van der Waals surface area contributed by atoms with E-state index in [1.54, 1.807) is 7.05 Å². The molecule has 0 amide bonds. The largest absolute Gasteiger partial charge is 0.419 e. The minimum Gasteiger partial charge on any atom is -0.408 e. The number of nitrogens with zero attached hydrogens (tertiary/aromatic N) is 1. The Morgan fingerprint density at radius 1 is 1.35 bits per heavy atom. The molecule has 0 atom stereocenters. The summed E-state index contributed by atoms with van der Waals surface area (Å²) in [6.07, 6.45) is 1.09. The average molecular weight is 300 g/mol. The molecule has 0 aliphatic carbocycles. The lowest BCUT2D eigenvalue weighted by Gasteiger charge is -2.06. The van der Waals surface area contributed by atoms with Crippen molar-refractivity contribution in [2.24, 2.45) is 7.05 Å². The van der Waals surface area contributed by atoms with E-state index in [-0.39, 0.29) is 23.6 Å². The molecule has 0 spiro atoms.